The third kappa shape index (κ3) is 3.62. The lowest BCUT2D eigenvalue weighted by Crippen LogP contribution is -2.49. The van der Waals surface area contributed by atoms with E-state index < -0.39 is 0 Å². The van der Waals surface area contributed by atoms with E-state index in [1.807, 2.05) is 4.90 Å². The first-order valence-electron chi connectivity index (χ1n) is 8.05. The van der Waals surface area contributed by atoms with Gasteiger partial charge in [-0.05, 0) is 35.4 Å². The summed E-state index contributed by atoms with van der Waals surface area (Å²) in [6, 6.07) is 12.7. The Labute approximate surface area is 140 Å². The zero-order valence-electron chi connectivity index (χ0n) is 13.6. The van der Waals surface area contributed by atoms with Gasteiger partial charge < -0.3 is 4.90 Å². The highest BCUT2D eigenvalue weighted by molar-refractivity contribution is 5.73. The molecule has 1 aliphatic rings. The maximum absolute atomic E-state index is 13.3. The summed E-state index contributed by atoms with van der Waals surface area (Å²) in [5, 5.41) is 0. The van der Waals surface area contributed by atoms with E-state index in [0.29, 0.717) is 13.1 Å². The maximum atomic E-state index is 13.3. The van der Waals surface area contributed by atoms with Gasteiger partial charge in [0.15, 0.2) is 0 Å². The van der Waals surface area contributed by atoms with Crippen molar-refractivity contribution in [1.29, 1.82) is 0 Å². The van der Waals surface area contributed by atoms with E-state index >= 15 is 0 Å². The summed E-state index contributed by atoms with van der Waals surface area (Å²) in [4.78, 5) is 15.6. The Kier molecular flexibility index (Phi) is 4.90. The largest absolute Gasteiger partial charge is 0.340 e. The van der Waals surface area contributed by atoms with E-state index in [9.17, 15) is 13.6 Å². The van der Waals surface area contributed by atoms with Gasteiger partial charge in [-0.2, -0.15) is 0 Å². The number of nitrogens with zero attached hydrogens (tertiary/aromatic N) is 2. The SMILES string of the molecule is CC(=O)N1CCN(C(c2ccc(F)cc2)c2ccc(F)cc2)CC1. The minimum absolute atomic E-state index is 0.0785. The number of halogens is 2. The molecule has 1 aliphatic heterocycles. The van der Waals surface area contributed by atoms with Gasteiger partial charge >= 0.3 is 0 Å². The van der Waals surface area contributed by atoms with E-state index in [1.54, 1.807) is 31.2 Å². The van der Waals surface area contributed by atoms with Gasteiger partial charge in [-0.1, -0.05) is 24.3 Å². The average Bonchev–Trinajstić information content (AvgIpc) is 2.59. The van der Waals surface area contributed by atoms with Crippen molar-refractivity contribution in [2.24, 2.45) is 0 Å². The summed E-state index contributed by atoms with van der Waals surface area (Å²) in [7, 11) is 0. The van der Waals surface area contributed by atoms with Crippen LogP contribution in [0.2, 0.25) is 0 Å². The number of hydrogen-bond donors (Lipinski definition) is 0. The van der Waals surface area contributed by atoms with Crippen LogP contribution in [-0.2, 0) is 4.79 Å². The van der Waals surface area contributed by atoms with Crippen molar-refractivity contribution >= 4 is 5.91 Å². The number of amides is 1. The number of benzene rings is 2. The highest BCUT2D eigenvalue weighted by Gasteiger charge is 2.27. The van der Waals surface area contributed by atoms with Gasteiger partial charge in [0.1, 0.15) is 11.6 Å². The summed E-state index contributed by atoms with van der Waals surface area (Å²) in [5.41, 5.74) is 1.92. The Hall–Kier alpha value is -2.27. The summed E-state index contributed by atoms with van der Waals surface area (Å²) in [5.74, 6) is -0.481. The highest BCUT2D eigenvalue weighted by Crippen LogP contribution is 2.30. The second-order valence-corrected chi connectivity index (χ2v) is 6.05. The molecule has 126 valence electrons. The summed E-state index contributed by atoms with van der Waals surface area (Å²) in [6.45, 7) is 4.34. The van der Waals surface area contributed by atoms with E-state index in [2.05, 4.69) is 4.90 Å². The molecule has 3 rings (SSSR count). The molecule has 0 N–H and O–H groups in total. The molecule has 0 saturated carbocycles. The molecule has 0 aliphatic carbocycles. The molecule has 0 radical (unpaired) electrons. The molecule has 1 heterocycles. The van der Waals surface area contributed by atoms with Crippen molar-refractivity contribution in [3.8, 4) is 0 Å². The Bertz CT molecular complexity index is 647. The third-order valence-electron chi connectivity index (χ3n) is 4.50. The van der Waals surface area contributed by atoms with Crippen LogP contribution in [0.5, 0.6) is 0 Å². The van der Waals surface area contributed by atoms with Gasteiger partial charge in [-0.3, -0.25) is 9.69 Å². The highest BCUT2D eigenvalue weighted by atomic mass is 19.1. The first-order valence-corrected chi connectivity index (χ1v) is 8.05. The zero-order chi connectivity index (χ0) is 17.1. The van der Waals surface area contributed by atoms with Crippen LogP contribution in [0.25, 0.3) is 0 Å². The zero-order valence-corrected chi connectivity index (χ0v) is 13.6. The van der Waals surface area contributed by atoms with Crippen molar-refractivity contribution in [3.63, 3.8) is 0 Å². The van der Waals surface area contributed by atoms with Gasteiger partial charge in [0.2, 0.25) is 5.91 Å². The van der Waals surface area contributed by atoms with Crippen LogP contribution in [0.15, 0.2) is 48.5 Å². The molecule has 1 saturated heterocycles. The fourth-order valence-electron chi connectivity index (χ4n) is 3.20. The molecule has 0 atom stereocenters. The Balaban J connectivity index is 1.89. The minimum atomic E-state index is -0.280. The molecular formula is C19H20F2N2O. The molecule has 3 nitrogen and oxygen atoms in total. The first-order chi connectivity index (χ1) is 11.5. The predicted octanol–water partition coefficient (Wildman–Crippen LogP) is 3.22. The second-order valence-electron chi connectivity index (χ2n) is 6.05. The second kappa shape index (κ2) is 7.09. The van der Waals surface area contributed by atoms with Crippen LogP contribution in [-0.4, -0.2) is 41.9 Å². The van der Waals surface area contributed by atoms with Gasteiger partial charge in [0.25, 0.3) is 0 Å². The normalized spacial score (nSPS) is 15.8. The van der Waals surface area contributed by atoms with Crippen LogP contribution in [0.3, 0.4) is 0 Å². The average molecular weight is 330 g/mol. The number of carbonyl (C=O) groups excluding carboxylic acids is 1. The minimum Gasteiger partial charge on any atom is -0.340 e. The van der Waals surface area contributed by atoms with E-state index in [1.165, 1.54) is 24.3 Å². The number of piperazine rings is 1. The monoisotopic (exact) mass is 330 g/mol. The fourth-order valence-corrected chi connectivity index (χ4v) is 3.20. The molecule has 0 unspecified atom stereocenters. The standard InChI is InChI=1S/C19H20F2N2O/c1-14(24)22-10-12-23(13-11-22)19(15-2-6-17(20)7-3-15)16-4-8-18(21)9-5-16/h2-9,19H,10-13H2,1H3. The number of carbonyl (C=O) groups is 1. The molecule has 5 heteroatoms. The molecule has 2 aromatic rings. The quantitative estimate of drug-likeness (QED) is 0.863. The molecule has 1 amide bonds. The predicted molar refractivity (Wildman–Crippen MR) is 88.5 cm³/mol. The lowest BCUT2D eigenvalue weighted by molar-refractivity contribution is -0.130. The summed E-state index contributed by atoms with van der Waals surface area (Å²) in [6.07, 6.45) is 0. The lowest BCUT2D eigenvalue weighted by Gasteiger charge is -2.39. The van der Waals surface area contributed by atoms with Crippen LogP contribution >= 0.6 is 0 Å². The Morgan fingerprint density at radius 2 is 1.25 bits per heavy atom. The van der Waals surface area contributed by atoms with Crippen LogP contribution in [0.1, 0.15) is 24.1 Å². The first kappa shape index (κ1) is 16.6. The molecule has 1 fully saturated rings. The fraction of sp³-hybridized carbons (Fsp3) is 0.316. The van der Waals surface area contributed by atoms with Gasteiger partial charge in [0, 0.05) is 33.1 Å². The van der Waals surface area contributed by atoms with Crippen molar-refractivity contribution < 1.29 is 13.6 Å². The van der Waals surface area contributed by atoms with Crippen molar-refractivity contribution in [1.82, 2.24) is 9.80 Å². The summed E-state index contributed by atoms with van der Waals surface area (Å²) >= 11 is 0. The van der Waals surface area contributed by atoms with Crippen LogP contribution in [0.4, 0.5) is 8.78 Å². The molecule has 24 heavy (non-hydrogen) atoms. The van der Waals surface area contributed by atoms with E-state index in [0.717, 1.165) is 24.2 Å². The van der Waals surface area contributed by atoms with E-state index in [-0.39, 0.29) is 23.6 Å². The molecule has 0 aromatic heterocycles. The van der Waals surface area contributed by atoms with Crippen LogP contribution < -0.4 is 0 Å². The number of hydrogen-bond acceptors (Lipinski definition) is 2. The molecule has 2 aromatic carbocycles. The molecule has 0 bridgehead atoms. The smallest absolute Gasteiger partial charge is 0.219 e. The maximum Gasteiger partial charge on any atom is 0.219 e. The van der Waals surface area contributed by atoms with Gasteiger partial charge in [-0.25, -0.2) is 8.78 Å². The van der Waals surface area contributed by atoms with Crippen molar-refractivity contribution in [2.45, 2.75) is 13.0 Å². The van der Waals surface area contributed by atoms with Crippen molar-refractivity contribution in [3.05, 3.63) is 71.3 Å². The molecule has 0 spiro atoms. The Morgan fingerprint density at radius 3 is 1.62 bits per heavy atom. The van der Waals surface area contributed by atoms with Gasteiger partial charge in [-0.15, -0.1) is 0 Å². The topological polar surface area (TPSA) is 23.6 Å². The number of rotatable bonds is 3. The third-order valence-corrected chi connectivity index (χ3v) is 4.50. The Morgan fingerprint density at radius 1 is 0.833 bits per heavy atom. The van der Waals surface area contributed by atoms with Crippen molar-refractivity contribution in [2.75, 3.05) is 26.2 Å². The lowest BCUT2D eigenvalue weighted by atomic mass is 9.96. The van der Waals surface area contributed by atoms with Crippen LogP contribution in [0, 0.1) is 11.6 Å². The molecular weight excluding hydrogens is 310 g/mol. The van der Waals surface area contributed by atoms with Gasteiger partial charge in [0.05, 0.1) is 6.04 Å². The van der Waals surface area contributed by atoms with E-state index in [4.69, 9.17) is 0 Å². The summed E-state index contributed by atoms with van der Waals surface area (Å²) < 4.78 is 26.6.